The standard InChI is InChI=1S/C18H25NO4/c1-5-6-12-15(16(20)23-18(2,3)4)19-17(21)22-13-14-10-8-7-9-11-14/h5-11,15H,12-13H2,1-4H3,(H,19,21)/b6-5+. The van der Waals surface area contributed by atoms with E-state index in [9.17, 15) is 9.59 Å². The molecule has 1 aromatic carbocycles. The second-order valence-corrected chi connectivity index (χ2v) is 6.10. The van der Waals surface area contributed by atoms with Crippen molar-refractivity contribution >= 4 is 12.1 Å². The number of carbonyl (C=O) groups excluding carboxylic acids is 2. The Morgan fingerprint density at radius 3 is 2.43 bits per heavy atom. The van der Waals surface area contributed by atoms with Gasteiger partial charge in [0, 0.05) is 0 Å². The van der Waals surface area contributed by atoms with Crippen molar-refractivity contribution in [1.82, 2.24) is 5.32 Å². The summed E-state index contributed by atoms with van der Waals surface area (Å²) in [4.78, 5) is 24.0. The Bertz CT molecular complexity index is 532. The van der Waals surface area contributed by atoms with Crippen molar-refractivity contribution in [3.8, 4) is 0 Å². The van der Waals surface area contributed by atoms with Crippen molar-refractivity contribution in [3.05, 3.63) is 48.0 Å². The molecule has 0 aromatic heterocycles. The minimum atomic E-state index is -0.770. The highest BCUT2D eigenvalue weighted by Gasteiger charge is 2.26. The number of carbonyl (C=O) groups is 2. The molecule has 1 atom stereocenters. The molecule has 0 spiro atoms. The van der Waals surface area contributed by atoms with Crippen LogP contribution in [0.1, 0.15) is 39.7 Å². The van der Waals surface area contributed by atoms with Gasteiger partial charge in [-0.2, -0.15) is 0 Å². The van der Waals surface area contributed by atoms with E-state index in [0.29, 0.717) is 6.42 Å². The molecule has 0 aliphatic heterocycles. The van der Waals surface area contributed by atoms with Gasteiger partial charge in [0.1, 0.15) is 18.2 Å². The number of alkyl carbamates (subject to hydrolysis) is 1. The summed E-state index contributed by atoms with van der Waals surface area (Å²) < 4.78 is 10.5. The van der Waals surface area contributed by atoms with Crippen molar-refractivity contribution < 1.29 is 19.1 Å². The van der Waals surface area contributed by atoms with E-state index in [1.165, 1.54) is 0 Å². The normalized spacial score (nSPS) is 12.7. The number of amides is 1. The average Bonchev–Trinajstić information content (AvgIpc) is 2.48. The van der Waals surface area contributed by atoms with Crippen LogP contribution in [-0.4, -0.2) is 23.7 Å². The molecule has 126 valence electrons. The maximum Gasteiger partial charge on any atom is 0.408 e. The number of benzene rings is 1. The van der Waals surface area contributed by atoms with E-state index in [1.807, 2.05) is 43.3 Å². The summed E-state index contributed by atoms with van der Waals surface area (Å²) in [7, 11) is 0. The molecule has 1 N–H and O–H groups in total. The van der Waals surface area contributed by atoms with Crippen LogP contribution in [0.5, 0.6) is 0 Å². The Hall–Kier alpha value is -2.30. The lowest BCUT2D eigenvalue weighted by atomic mass is 10.1. The summed E-state index contributed by atoms with van der Waals surface area (Å²) >= 11 is 0. The molecule has 5 heteroatoms. The molecule has 0 aliphatic rings. The maximum atomic E-state index is 12.1. The molecule has 1 rings (SSSR count). The molecule has 1 aromatic rings. The van der Waals surface area contributed by atoms with E-state index < -0.39 is 23.7 Å². The Kier molecular flexibility index (Phi) is 7.32. The first-order chi connectivity index (χ1) is 10.8. The zero-order chi connectivity index (χ0) is 17.3. The zero-order valence-electron chi connectivity index (χ0n) is 14.2. The van der Waals surface area contributed by atoms with Crippen LogP contribution in [-0.2, 0) is 20.9 Å². The highest BCUT2D eigenvalue weighted by Crippen LogP contribution is 2.10. The van der Waals surface area contributed by atoms with E-state index in [1.54, 1.807) is 26.8 Å². The molecule has 1 unspecified atom stereocenters. The van der Waals surface area contributed by atoms with Gasteiger partial charge < -0.3 is 14.8 Å². The first-order valence-corrected chi connectivity index (χ1v) is 7.63. The molecule has 0 fully saturated rings. The molecule has 0 aliphatic carbocycles. The SMILES string of the molecule is C/C=C/CC(NC(=O)OCc1ccccc1)C(=O)OC(C)(C)C. The van der Waals surface area contributed by atoms with E-state index >= 15 is 0 Å². The number of ether oxygens (including phenoxy) is 2. The molecule has 23 heavy (non-hydrogen) atoms. The largest absolute Gasteiger partial charge is 0.458 e. The lowest BCUT2D eigenvalue weighted by molar-refractivity contribution is -0.157. The van der Waals surface area contributed by atoms with Crippen LogP contribution in [0, 0.1) is 0 Å². The fourth-order valence-corrected chi connectivity index (χ4v) is 1.77. The lowest BCUT2D eigenvalue weighted by Gasteiger charge is -2.23. The number of hydrogen-bond donors (Lipinski definition) is 1. The van der Waals surface area contributed by atoms with Crippen LogP contribution in [0.15, 0.2) is 42.5 Å². The highest BCUT2D eigenvalue weighted by molar-refractivity contribution is 5.81. The average molecular weight is 319 g/mol. The molecular weight excluding hydrogens is 294 g/mol. The molecule has 0 saturated carbocycles. The Morgan fingerprint density at radius 1 is 1.22 bits per heavy atom. The molecule has 0 radical (unpaired) electrons. The second-order valence-electron chi connectivity index (χ2n) is 6.10. The van der Waals surface area contributed by atoms with Gasteiger partial charge in [-0.3, -0.25) is 0 Å². The number of rotatable bonds is 6. The number of allylic oxidation sites excluding steroid dienone is 1. The van der Waals surface area contributed by atoms with Crippen LogP contribution in [0.3, 0.4) is 0 Å². The van der Waals surface area contributed by atoms with Crippen LogP contribution >= 0.6 is 0 Å². The highest BCUT2D eigenvalue weighted by atomic mass is 16.6. The summed E-state index contributed by atoms with van der Waals surface area (Å²) in [5, 5.41) is 2.56. The Morgan fingerprint density at radius 2 is 1.87 bits per heavy atom. The first kappa shape index (κ1) is 18.7. The molecule has 0 saturated heterocycles. The van der Waals surface area contributed by atoms with Gasteiger partial charge in [-0.05, 0) is 39.7 Å². The van der Waals surface area contributed by atoms with E-state index in [0.717, 1.165) is 5.56 Å². The van der Waals surface area contributed by atoms with Crippen LogP contribution in [0.25, 0.3) is 0 Å². The number of nitrogens with one attached hydrogen (secondary N) is 1. The fraction of sp³-hybridized carbons (Fsp3) is 0.444. The van der Waals surface area contributed by atoms with Gasteiger partial charge in [0.2, 0.25) is 0 Å². The van der Waals surface area contributed by atoms with Gasteiger partial charge in [0.25, 0.3) is 0 Å². The van der Waals surface area contributed by atoms with E-state index in [4.69, 9.17) is 9.47 Å². The molecule has 1 amide bonds. The topological polar surface area (TPSA) is 64.6 Å². The van der Waals surface area contributed by atoms with E-state index in [-0.39, 0.29) is 6.61 Å². The van der Waals surface area contributed by atoms with Gasteiger partial charge in [-0.25, -0.2) is 9.59 Å². The molecule has 5 nitrogen and oxygen atoms in total. The van der Waals surface area contributed by atoms with Crippen molar-refractivity contribution in [3.63, 3.8) is 0 Å². The minimum Gasteiger partial charge on any atom is -0.458 e. The number of hydrogen-bond acceptors (Lipinski definition) is 4. The van der Waals surface area contributed by atoms with Crippen molar-refractivity contribution in [1.29, 1.82) is 0 Å². The smallest absolute Gasteiger partial charge is 0.408 e. The number of esters is 1. The van der Waals surface area contributed by atoms with E-state index in [2.05, 4.69) is 5.32 Å². The first-order valence-electron chi connectivity index (χ1n) is 7.63. The monoisotopic (exact) mass is 319 g/mol. The second kappa shape index (κ2) is 8.98. The third-order valence-electron chi connectivity index (χ3n) is 2.80. The summed E-state index contributed by atoms with van der Waals surface area (Å²) in [5.41, 5.74) is 0.269. The summed E-state index contributed by atoms with van der Waals surface area (Å²) in [6.45, 7) is 7.35. The third kappa shape index (κ3) is 8.04. The van der Waals surface area contributed by atoms with Gasteiger partial charge in [0.15, 0.2) is 0 Å². The minimum absolute atomic E-state index is 0.150. The molecular formula is C18H25NO4. The van der Waals surface area contributed by atoms with Crippen molar-refractivity contribution in [2.75, 3.05) is 0 Å². The van der Waals surface area contributed by atoms with Gasteiger partial charge in [-0.1, -0.05) is 42.5 Å². The third-order valence-corrected chi connectivity index (χ3v) is 2.80. The zero-order valence-corrected chi connectivity index (χ0v) is 14.2. The van der Waals surface area contributed by atoms with Crippen molar-refractivity contribution in [2.45, 2.75) is 52.4 Å². The van der Waals surface area contributed by atoms with Gasteiger partial charge >= 0.3 is 12.1 Å². The van der Waals surface area contributed by atoms with Crippen LogP contribution in [0.2, 0.25) is 0 Å². The van der Waals surface area contributed by atoms with Gasteiger partial charge in [0.05, 0.1) is 0 Å². The summed E-state index contributed by atoms with van der Waals surface area (Å²) in [6, 6.07) is 8.57. The molecule has 0 heterocycles. The summed E-state index contributed by atoms with van der Waals surface area (Å²) in [6.07, 6.45) is 3.32. The predicted octanol–water partition coefficient (Wildman–Crippen LogP) is 3.59. The van der Waals surface area contributed by atoms with Gasteiger partial charge in [-0.15, -0.1) is 0 Å². The lowest BCUT2D eigenvalue weighted by Crippen LogP contribution is -2.44. The maximum absolute atomic E-state index is 12.1. The fourth-order valence-electron chi connectivity index (χ4n) is 1.77. The Balaban J connectivity index is 2.58. The van der Waals surface area contributed by atoms with Crippen LogP contribution < -0.4 is 5.32 Å². The quantitative estimate of drug-likeness (QED) is 0.643. The van der Waals surface area contributed by atoms with Crippen molar-refractivity contribution in [2.24, 2.45) is 0 Å². The predicted molar refractivity (Wildman–Crippen MR) is 88.8 cm³/mol. The Labute approximate surface area is 137 Å². The van der Waals surface area contributed by atoms with Crippen LogP contribution in [0.4, 0.5) is 4.79 Å². The summed E-state index contributed by atoms with van der Waals surface area (Å²) in [5.74, 6) is -0.479. The molecule has 0 bridgehead atoms.